The number of amides is 4. The Hall–Kier alpha value is -5.60. The van der Waals surface area contributed by atoms with Crippen molar-refractivity contribution in [2.45, 2.75) is 91.4 Å². The number of carbonyl (C=O) groups is 4. The molecule has 0 bridgehead atoms. The number of rotatable bonds is 8. The summed E-state index contributed by atoms with van der Waals surface area (Å²) >= 11 is 0. The molecule has 2 aromatic heterocycles. The van der Waals surface area contributed by atoms with Gasteiger partial charge in [0.05, 0.1) is 46.2 Å². The highest BCUT2D eigenvalue weighted by Gasteiger charge is 2.45. The summed E-state index contributed by atoms with van der Waals surface area (Å²) in [5, 5.41) is 22.7. The van der Waals surface area contributed by atoms with Crippen LogP contribution >= 0.6 is 0 Å². The van der Waals surface area contributed by atoms with Crippen LogP contribution in [0.1, 0.15) is 91.0 Å². The van der Waals surface area contributed by atoms with E-state index >= 15 is 0 Å². The average Bonchev–Trinajstić information content (AvgIpc) is 3.92. The first kappa shape index (κ1) is 38.7. The number of likely N-dealkylation sites (tertiary alicyclic amines) is 2. The van der Waals surface area contributed by atoms with Gasteiger partial charge in [0.15, 0.2) is 0 Å². The van der Waals surface area contributed by atoms with Crippen molar-refractivity contribution in [2.75, 3.05) is 13.1 Å². The van der Waals surface area contributed by atoms with Gasteiger partial charge in [-0.1, -0.05) is 77.9 Å². The van der Waals surface area contributed by atoms with Gasteiger partial charge < -0.3 is 20.2 Å². The number of nitrogens with one attached hydrogen (secondary N) is 4. The Morgan fingerprint density at radius 1 is 0.625 bits per heavy atom. The van der Waals surface area contributed by atoms with Gasteiger partial charge in [-0.25, -0.2) is 19.6 Å². The quantitative estimate of drug-likeness (QED) is 0.0923. The molecule has 2 aliphatic rings. The summed E-state index contributed by atoms with van der Waals surface area (Å²) in [6.45, 7) is 13.0. The van der Waals surface area contributed by atoms with Crippen LogP contribution in [0.25, 0.3) is 44.3 Å². The number of carboxylic acid groups (broad SMARTS) is 2. The number of H-pyrrole nitrogens is 2. The first-order chi connectivity index (χ1) is 26.5. The number of fused-ring (bicyclic) bond motifs is 2. The molecule has 2 saturated heterocycles. The van der Waals surface area contributed by atoms with Crippen molar-refractivity contribution in [3.8, 4) is 22.3 Å². The molecular formula is C42H50N8O6. The highest BCUT2D eigenvalue weighted by molar-refractivity contribution is 5.95. The molecule has 5 aromatic rings. The van der Waals surface area contributed by atoms with Gasteiger partial charge in [-0.2, -0.15) is 0 Å². The highest BCUT2D eigenvalue weighted by Crippen LogP contribution is 2.40. The second kappa shape index (κ2) is 14.8. The number of nitrogens with zero attached hydrogens (tertiary/aromatic N) is 4. The maximum Gasteiger partial charge on any atom is 0.411 e. The fourth-order valence-corrected chi connectivity index (χ4v) is 8.79. The second-order valence-corrected chi connectivity index (χ2v) is 17.2. The molecule has 2 unspecified atom stereocenters. The van der Waals surface area contributed by atoms with E-state index in [2.05, 4.69) is 78.9 Å². The molecular weight excluding hydrogens is 713 g/mol. The maximum atomic E-state index is 13.1. The van der Waals surface area contributed by atoms with Crippen LogP contribution in [-0.4, -0.2) is 89.1 Å². The van der Waals surface area contributed by atoms with Crippen molar-refractivity contribution < 1.29 is 29.4 Å². The smallest absolute Gasteiger partial charge is 0.411 e. The van der Waals surface area contributed by atoms with Crippen LogP contribution in [0.3, 0.4) is 0 Å². The first-order valence-electron chi connectivity index (χ1n) is 19.2. The van der Waals surface area contributed by atoms with Gasteiger partial charge in [-0.05, 0) is 96.1 Å². The molecule has 4 heterocycles. The Labute approximate surface area is 325 Å². The lowest BCUT2D eigenvalue weighted by Gasteiger charge is -2.39. The van der Waals surface area contributed by atoms with E-state index in [1.165, 1.54) is 0 Å². The molecule has 0 aliphatic carbocycles. The third-order valence-electron chi connectivity index (χ3n) is 11.0. The van der Waals surface area contributed by atoms with E-state index in [9.17, 15) is 29.4 Å². The lowest BCUT2D eigenvalue weighted by Crippen LogP contribution is -2.54. The van der Waals surface area contributed by atoms with Crippen molar-refractivity contribution >= 4 is 46.1 Å². The fraction of sp³-hybridized carbons (Fsp3) is 0.429. The molecule has 4 amide bonds. The van der Waals surface area contributed by atoms with Crippen LogP contribution in [0.15, 0.2) is 60.7 Å². The largest absolute Gasteiger partial charge is 0.465 e. The highest BCUT2D eigenvalue weighted by atomic mass is 16.4. The van der Waals surface area contributed by atoms with Crippen LogP contribution in [0.4, 0.5) is 9.59 Å². The lowest BCUT2D eigenvalue weighted by molar-refractivity contribution is -0.131. The SMILES string of the molecule is CC(C)(C)[C@@H](C(=O)NC(=O)O)N1CCCC1c1nc2cc(-c3ccc(-c4ccc5[nH]c(C6CCCN6[C@H](C(=O)NC(=O)O)C(C)(C)C)nc5c4)cc3)ccc2[nH]1. The average molecular weight is 763 g/mol. The van der Waals surface area contributed by atoms with Crippen molar-refractivity contribution in [3.05, 3.63) is 72.3 Å². The number of benzene rings is 3. The molecule has 0 radical (unpaired) electrons. The van der Waals surface area contributed by atoms with Crippen LogP contribution < -0.4 is 10.6 Å². The molecule has 2 aliphatic heterocycles. The molecule has 14 nitrogen and oxygen atoms in total. The second-order valence-electron chi connectivity index (χ2n) is 17.2. The van der Waals surface area contributed by atoms with Crippen LogP contribution in [0.2, 0.25) is 0 Å². The van der Waals surface area contributed by atoms with Gasteiger partial charge in [-0.15, -0.1) is 0 Å². The standard InChI is InChI=1S/C42H50N8O6/c1-41(2,3)33(37(51)47-39(53)54)49-19-7-9-31(49)35-43-27-17-15-25(21-29(27)45-35)23-11-13-24(14-12-23)26-16-18-28-30(22-26)46-36(44-28)32-10-8-20-50(32)34(42(4,5)6)38(52)48-40(55)56/h11-18,21-22,31-34H,7-10,19-20H2,1-6H3,(H,43,45)(H,44,46)(H,47,51)(H,48,52)(H,53,54)(H,55,56)/t31?,32?,33-,34-/m1/s1. The summed E-state index contributed by atoms with van der Waals surface area (Å²) in [4.78, 5) is 69.9. The lowest BCUT2D eigenvalue weighted by atomic mass is 9.84. The zero-order valence-corrected chi connectivity index (χ0v) is 32.6. The molecule has 4 atom stereocenters. The Morgan fingerprint density at radius 2 is 0.982 bits per heavy atom. The molecule has 56 heavy (non-hydrogen) atoms. The number of aromatic amines is 2. The predicted molar refractivity (Wildman–Crippen MR) is 213 cm³/mol. The van der Waals surface area contributed by atoms with Crippen LogP contribution in [0.5, 0.6) is 0 Å². The minimum absolute atomic E-state index is 0.153. The topological polar surface area (TPSA) is 197 Å². The van der Waals surface area contributed by atoms with E-state index in [1.54, 1.807) is 0 Å². The number of aromatic nitrogens is 4. The fourth-order valence-electron chi connectivity index (χ4n) is 8.79. The molecule has 294 valence electrons. The van der Waals surface area contributed by atoms with E-state index < -0.39 is 46.9 Å². The van der Waals surface area contributed by atoms with Gasteiger partial charge in [0.25, 0.3) is 0 Å². The van der Waals surface area contributed by atoms with Gasteiger partial charge in [-0.3, -0.25) is 30.0 Å². The van der Waals surface area contributed by atoms with Crippen molar-refractivity contribution in [3.63, 3.8) is 0 Å². The third-order valence-corrected chi connectivity index (χ3v) is 11.0. The number of carbonyl (C=O) groups excluding carboxylic acids is 2. The Morgan fingerprint density at radius 3 is 1.32 bits per heavy atom. The minimum atomic E-state index is -1.36. The van der Waals surface area contributed by atoms with Gasteiger partial charge in [0, 0.05) is 0 Å². The van der Waals surface area contributed by atoms with E-state index in [0.717, 1.165) is 81.7 Å². The number of hydrogen-bond donors (Lipinski definition) is 6. The van der Waals surface area contributed by atoms with Crippen molar-refractivity contribution in [1.29, 1.82) is 0 Å². The van der Waals surface area contributed by atoms with E-state index in [-0.39, 0.29) is 12.1 Å². The molecule has 0 spiro atoms. The normalized spacial score (nSPS) is 19.3. The summed E-state index contributed by atoms with van der Waals surface area (Å²) in [5.41, 5.74) is 6.49. The summed E-state index contributed by atoms with van der Waals surface area (Å²) in [5.74, 6) is 0.470. The molecule has 7 rings (SSSR count). The van der Waals surface area contributed by atoms with Crippen molar-refractivity contribution in [2.24, 2.45) is 10.8 Å². The Balaban J connectivity index is 1.10. The van der Waals surface area contributed by atoms with Gasteiger partial charge in [0.1, 0.15) is 11.6 Å². The zero-order valence-electron chi connectivity index (χ0n) is 32.6. The summed E-state index contributed by atoms with van der Waals surface area (Å²) in [7, 11) is 0. The Bertz CT molecular complexity index is 2140. The van der Waals surface area contributed by atoms with E-state index in [1.807, 2.05) is 53.7 Å². The van der Waals surface area contributed by atoms with E-state index in [4.69, 9.17) is 9.97 Å². The maximum absolute atomic E-state index is 13.1. The van der Waals surface area contributed by atoms with Gasteiger partial charge in [0.2, 0.25) is 11.8 Å². The van der Waals surface area contributed by atoms with Crippen LogP contribution in [-0.2, 0) is 9.59 Å². The number of imidazole rings is 2. The predicted octanol–water partition coefficient (Wildman–Crippen LogP) is 7.46. The van der Waals surface area contributed by atoms with Crippen LogP contribution in [0, 0.1) is 10.8 Å². The molecule has 2 fully saturated rings. The number of hydrogen-bond acceptors (Lipinski definition) is 8. The first-order valence-corrected chi connectivity index (χ1v) is 19.2. The molecule has 3 aromatic carbocycles. The monoisotopic (exact) mass is 762 g/mol. The molecule has 0 saturated carbocycles. The summed E-state index contributed by atoms with van der Waals surface area (Å²) in [6.07, 6.45) is 0.628. The van der Waals surface area contributed by atoms with Crippen molar-refractivity contribution in [1.82, 2.24) is 40.4 Å². The summed E-state index contributed by atoms with van der Waals surface area (Å²) < 4.78 is 0. The Kier molecular flexibility index (Phi) is 10.2. The summed E-state index contributed by atoms with van der Waals surface area (Å²) in [6, 6.07) is 19.0. The third kappa shape index (κ3) is 7.76. The molecule has 6 N–H and O–H groups in total. The minimum Gasteiger partial charge on any atom is -0.465 e. The van der Waals surface area contributed by atoms with E-state index in [0.29, 0.717) is 13.1 Å². The number of imide groups is 2. The van der Waals surface area contributed by atoms with Gasteiger partial charge >= 0.3 is 12.2 Å². The zero-order chi connectivity index (χ0) is 40.1. The molecule has 14 heteroatoms.